The molecule has 1 saturated heterocycles. The Balaban J connectivity index is 2.36. The molecule has 2 atom stereocenters. The van der Waals surface area contributed by atoms with Crippen LogP contribution >= 0.6 is 0 Å². The van der Waals surface area contributed by atoms with Gasteiger partial charge in [0.25, 0.3) is 5.56 Å². The lowest BCUT2D eigenvalue weighted by Gasteiger charge is -2.18. The Morgan fingerprint density at radius 3 is 2.82 bits per heavy atom. The molecule has 0 aliphatic carbocycles. The molecule has 1 aromatic rings. The smallest absolute Gasteiger partial charge is 0.329 e. The largest absolute Gasteiger partial charge is 0.383 e. The molecular weight excluding hydrogens is 224 g/mol. The van der Waals surface area contributed by atoms with Gasteiger partial charge in [-0.15, -0.1) is 0 Å². The van der Waals surface area contributed by atoms with E-state index < -0.39 is 11.2 Å². The number of anilines is 2. The molecule has 94 valence electrons. The lowest BCUT2D eigenvalue weighted by atomic mass is 10.1. The fourth-order valence-corrected chi connectivity index (χ4v) is 1.88. The monoisotopic (exact) mass is 240 g/mol. The average molecular weight is 240 g/mol. The van der Waals surface area contributed by atoms with Crippen molar-refractivity contribution in [1.82, 2.24) is 9.55 Å². The number of H-pyrrole nitrogens is 1. The minimum absolute atomic E-state index is 0.0195. The normalized spacial score (nSPS) is 23.9. The summed E-state index contributed by atoms with van der Waals surface area (Å²) in [7, 11) is 1.51. The Hall–Kier alpha value is -1.76. The molecule has 17 heavy (non-hydrogen) atoms. The average Bonchev–Trinajstić information content (AvgIpc) is 2.67. The molecule has 0 aromatic carbocycles. The highest BCUT2D eigenvalue weighted by Crippen LogP contribution is 2.19. The Labute approximate surface area is 97.6 Å². The van der Waals surface area contributed by atoms with Crippen LogP contribution in [0, 0.1) is 0 Å². The van der Waals surface area contributed by atoms with Gasteiger partial charge in [-0.05, 0) is 13.3 Å². The molecule has 0 bridgehead atoms. The van der Waals surface area contributed by atoms with Crippen LogP contribution < -0.4 is 22.3 Å². The van der Waals surface area contributed by atoms with Gasteiger partial charge in [0.15, 0.2) is 0 Å². The summed E-state index contributed by atoms with van der Waals surface area (Å²) in [5.41, 5.74) is 4.96. The molecule has 1 aliphatic rings. The lowest BCUT2D eigenvalue weighted by Crippen LogP contribution is -2.36. The van der Waals surface area contributed by atoms with Gasteiger partial charge in [-0.25, -0.2) is 4.79 Å². The second-order valence-corrected chi connectivity index (χ2v) is 4.19. The van der Waals surface area contributed by atoms with Crippen LogP contribution in [0.5, 0.6) is 0 Å². The summed E-state index contributed by atoms with van der Waals surface area (Å²) in [6.07, 6.45) is 0.828. The summed E-state index contributed by atoms with van der Waals surface area (Å²) in [6, 6.07) is 0.0379. The third kappa shape index (κ3) is 2.05. The van der Waals surface area contributed by atoms with Crippen molar-refractivity contribution < 1.29 is 4.74 Å². The van der Waals surface area contributed by atoms with Crippen molar-refractivity contribution in [2.75, 3.05) is 17.7 Å². The topological polar surface area (TPSA) is 102 Å². The minimum Gasteiger partial charge on any atom is -0.383 e. The number of hydrogen-bond acceptors (Lipinski definition) is 5. The maximum Gasteiger partial charge on any atom is 0.329 e. The molecule has 7 heteroatoms. The first-order valence-corrected chi connectivity index (χ1v) is 5.47. The molecule has 2 rings (SSSR count). The van der Waals surface area contributed by atoms with Gasteiger partial charge >= 0.3 is 5.69 Å². The third-order valence-electron chi connectivity index (χ3n) is 3.08. The van der Waals surface area contributed by atoms with Gasteiger partial charge in [0.05, 0.1) is 12.1 Å². The maximum atomic E-state index is 11.7. The molecule has 2 heterocycles. The van der Waals surface area contributed by atoms with Crippen molar-refractivity contribution in [3.63, 3.8) is 0 Å². The fraction of sp³-hybridized carbons (Fsp3) is 0.600. The first kappa shape index (κ1) is 11.7. The molecule has 0 radical (unpaired) electrons. The van der Waals surface area contributed by atoms with E-state index in [9.17, 15) is 9.59 Å². The van der Waals surface area contributed by atoms with E-state index in [2.05, 4.69) is 10.3 Å². The van der Waals surface area contributed by atoms with Gasteiger partial charge in [0, 0.05) is 13.7 Å². The van der Waals surface area contributed by atoms with Crippen molar-refractivity contribution in [2.45, 2.75) is 25.5 Å². The molecule has 1 aliphatic heterocycles. The van der Waals surface area contributed by atoms with E-state index in [1.165, 1.54) is 11.6 Å². The summed E-state index contributed by atoms with van der Waals surface area (Å²) >= 11 is 0. The van der Waals surface area contributed by atoms with E-state index in [4.69, 9.17) is 10.5 Å². The van der Waals surface area contributed by atoms with Crippen LogP contribution in [0.3, 0.4) is 0 Å². The number of nitrogens with zero attached hydrogens (tertiary/aromatic N) is 1. The lowest BCUT2D eigenvalue weighted by molar-refractivity contribution is 0.121. The van der Waals surface area contributed by atoms with Crippen LogP contribution in [0.2, 0.25) is 0 Å². The standard InChI is InChI=1S/C10H16N4O3/c1-5-6(3-4-17-5)12-7-8(11)14(2)10(16)13-9(7)15/h5-6,12H,3-4,11H2,1-2H3,(H,13,15,16). The van der Waals surface area contributed by atoms with Crippen molar-refractivity contribution >= 4 is 11.5 Å². The molecule has 1 aromatic heterocycles. The molecule has 2 unspecified atom stereocenters. The Morgan fingerprint density at radius 2 is 2.24 bits per heavy atom. The van der Waals surface area contributed by atoms with Crippen LogP contribution in [0.4, 0.5) is 11.5 Å². The van der Waals surface area contributed by atoms with E-state index in [1.54, 1.807) is 0 Å². The number of nitrogen functional groups attached to an aromatic ring is 1. The van der Waals surface area contributed by atoms with Gasteiger partial charge in [0.2, 0.25) is 0 Å². The molecule has 0 spiro atoms. The Bertz CT molecular complexity index is 533. The number of aromatic nitrogens is 2. The number of nitrogens with one attached hydrogen (secondary N) is 2. The van der Waals surface area contributed by atoms with Crippen LogP contribution in [0.15, 0.2) is 9.59 Å². The van der Waals surface area contributed by atoms with Crippen LogP contribution in [-0.4, -0.2) is 28.3 Å². The number of rotatable bonds is 2. The highest BCUT2D eigenvalue weighted by atomic mass is 16.5. The van der Waals surface area contributed by atoms with Crippen LogP contribution in [0.25, 0.3) is 0 Å². The van der Waals surface area contributed by atoms with Gasteiger partial charge < -0.3 is 15.8 Å². The molecule has 0 amide bonds. The van der Waals surface area contributed by atoms with Crippen LogP contribution in [0.1, 0.15) is 13.3 Å². The SMILES string of the molecule is CC1OCCC1Nc1c(N)n(C)c(=O)[nH]c1=O. The fourth-order valence-electron chi connectivity index (χ4n) is 1.88. The quantitative estimate of drug-likeness (QED) is 0.631. The molecular formula is C10H16N4O3. The zero-order valence-electron chi connectivity index (χ0n) is 9.82. The number of ether oxygens (including phenoxy) is 1. The molecule has 4 N–H and O–H groups in total. The van der Waals surface area contributed by atoms with E-state index in [0.717, 1.165) is 6.42 Å². The van der Waals surface area contributed by atoms with Gasteiger partial charge in [-0.2, -0.15) is 0 Å². The highest BCUT2D eigenvalue weighted by molar-refractivity contribution is 5.60. The molecule has 0 saturated carbocycles. The van der Waals surface area contributed by atoms with Crippen molar-refractivity contribution in [3.8, 4) is 0 Å². The number of hydrogen-bond donors (Lipinski definition) is 3. The van der Waals surface area contributed by atoms with Crippen molar-refractivity contribution in [1.29, 1.82) is 0 Å². The summed E-state index contributed by atoms with van der Waals surface area (Å²) in [5, 5.41) is 3.04. The predicted octanol–water partition coefficient (Wildman–Crippen LogP) is -0.755. The summed E-state index contributed by atoms with van der Waals surface area (Å²) in [5.74, 6) is 0.137. The number of nitrogens with two attached hydrogens (primary N) is 1. The minimum atomic E-state index is -0.520. The van der Waals surface area contributed by atoms with E-state index >= 15 is 0 Å². The van der Waals surface area contributed by atoms with Crippen molar-refractivity contribution in [3.05, 3.63) is 20.8 Å². The Morgan fingerprint density at radius 1 is 1.53 bits per heavy atom. The maximum absolute atomic E-state index is 11.7. The second kappa shape index (κ2) is 4.25. The van der Waals surface area contributed by atoms with E-state index in [1.807, 2.05) is 6.92 Å². The third-order valence-corrected chi connectivity index (χ3v) is 3.08. The first-order valence-electron chi connectivity index (χ1n) is 5.47. The number of aromatic amines is 1. The van der Waals surface area contributed by atoms with Crippen LogP contribution in [-0.2, 0) is 11.8 Å². The van der Waals surface area contributed by atoms with Gasteiger partial charge in [-0.3, -0.25) is 14.3 Å². The summed E-state index contributed by atoms with van der Waals surface area (Å²) in [6.45, 7) is 2.58. The zero-order chi connectivity index (χ0) is 12.6. The van der Waals surface area contributed by atoms with Gasteiger partial charge in [0.1, 0.15) is 11.5 Å². The van der Waals surface area contributed by atoms with E-state index in [0.29, 0.717) is 6.61 Å². The predicted molar refractivity (Wildman–Crippen MR) is 64.2 cm³/mol. The molecule has 1 fully saturated rings. The summed E-state index contributed by atoms with van der Waals surface area (Å²) < 4.78 is 6.59. The van der Waals surface area contributed by atoms with E-state index in [-0.39, 0.29) is 23.7 Å². The Kier molecular flexibility index (Phi) is 2.93. The molecule has 7 nitrogen and oxygen atoms in total. The second-order valence-electron chi connectivity index (χ2n) is 4.19. The van der Waals surface area contributed by atoms with Crippen molar-refractivity contribution in [2.24, 2.45) is 7.05 Å². The highest BCUT2D eigenvalue weighted by Gasteiger charge is 2.25. The summed E-state index contributed by atoms with van der Waals surface area (Å²) in [4.78, 5) is 25.1. The zero-order valence-corrected chi connectivity index (χ0v) is 9.82. The first-order chi connectivity index (χ1) is 8.00. The van der Waals surface area contributed by atoms with Gasteiger partial charge in [-0.1, -0.05) is 0 Å².